The summed E-state index contributed by atoms with van der Waals surface area (Å²) in [5.41, 5.74) is 6.85. The van der Waals surface area contributed by atoms with E-state index in [0.717, 1.165) is 12.1 Å². The molecule has 12 heavy (non-hydrogen) atoms. The number of rotatable bonds is 3. The molecule has 2 unspecified atom stereocenters. The van der Waals surface area contributed by atoms with Gasteiger partial charge < -0.3 is 5.73 Å². The van der Waals surface area contributed by atoms with Gasteiger partial charge in [-0.05, 0) is 13.3 Å². The molecule has 0 bridgehead atoms. The van der Waals surface area contributed by atoms with E-state index in [2.05, 4.69) is 17.2 Å². The third-order valence-corrected chi connectivity index (χ3v) is 1.98. The second-order valence-corrected chi connectivity index (χ2v) is 3.40. The van der Waals surface area contributed by atoms with Gasteiger partial charge in [0.15, 0.2) is 0 Å². The van der Waals surface area contributed by atoms with Gasteiger partial charge in [0.2, 0.25) is 0 Å². The average molecular weight is 168 g/mol. The molecule has 0 spiro atoms. The summed E-state index contributed by atoms with van der Waals surface area (Å²) in [4.78, 5) is 0. The first-order valence-corrected chi connectivity index (χ1v) is 4.21. The SMILES string of the molecule is CC(N)CC(C)c1cnnn1C. The van der Waals surface area contributed by atoms with E-state index >= 15 is 0 Å². The molecular weight excluding hydrogens is 152 g/mol. The molecule has 0 aliphatic rings. The van der Waals surface area contributed by atoms with Crippen LogP contribution in [0.5, 0.6) is 0 Å². The number of hydrogen-bond donors (Lipinski definition) is 1. The van der Waals surface area contributed by atoms with Crippen molar-refractivity contribution < 1.29 is 0 Å². The van der Waals surface area contributed by atoms with Gasteiger partial charge in [0.25, 0.3) is 0 Å². The predicted molar refractivity (Wildman–Crippen MR) is 47.7 cm³/mol. The molecule has 0 fully saturated rings. The lowest BCUT2D eigenvalue weighted by molar-refractivity contribution is 0.545. The maximum Gasteiger partial charge on any atom is 0.0727 e. The van der Waals surface area contributed by atoms with Crippen molar-refractivity contribution >= 4 is 0 Å². The number of nitrogens with two attached hydrogens (primary N) is 1. The summed E-state index contributed by atoms with van der Waals surface area (Å²) in [5.74, 6) is 0.435. The van der Waals surface area contributed by atoms with Gasteiger partial charge in [-0.25, -0.2) is 0 Å². The van der Waals surface area contributed by atoms with Gasteiger partial charge in [0.1, 0.15) is 0 Å². The Morgan fingerprint density at radius 2 is 2.25 bits per heavy atom. The first-order valence-electron chi connectivity index (χ1n) is 4.21. The van der Waals surface area contributed by atoms with E-state index in [1.54, 1.807) is 10.9 Å². The van der Waals surface area contributed by atoms with Crippen LogP contribution in [0.4, 0.5) is 0 Å². The summed E-state index contributed by atoms with van der Waals surface area (Å²) in [5, 5.41) is 7.69. The number of nitrogens with zero attached hydrogens (tertiary/aromatic N) is 3. The van der Waals surface area contributed by atoms with Gasteiger partial charge in [-0.3, -0.25) is 4.68 Å². The fraction of sp³-hybridized carbons (Fsp3) is 0.750. The van der Waals surface area contributed by atoms with Gasteiger partial charge in [0.05, 0.1) is 11.9 Å². The molecule has 68 valence electrons. The van der Waals surface area contributed by atoms with Gasteiger partial charge in [0, 0.05) is 19.0 Å². The van der Waals surface area contributed by atoms with Crippen molar-refractivity contribution in [1.82, 2.24) is 15.0 Å². The van der Waals surface area contributed by atoms with E-state index in [1.807, 2.05) is 14.0 Å². The first kappa shape index (κ1) is 9.19. The molecule has 0 saturated heterocycles. The van der Waals surface area contributed by atoms with Gasteiger partial charge in [-0.1, -0.05) is 12.1 Å². The molecule has 1 aromatic heterocycles. The molecule has 0 aliphatic heterocycles. The van der Waals surface area contributed by atoms with Crippen LogP contribution in [0.1, 0.15) is 31.9 Å². The number of aromatic nitrogens is 3. The molecule has 4 heteroatoms. The van der Waals surface area contributed by atoms with Crippen LogP contribution in [0.15, 0.2) is 6.20 Å². The van der Waals surface area contributed by atoms with Crippen molar-refractivity contribution in [3.05, 3.63) is 11.9 Å². The lowest BCUT2D eigenvalue weighted by atomic mass is 10.0. The third-order valence-electron chi connectivity index (χ3n) is 1.98. The van der Waals surface area contributed by atoms with Crippen LogP contribution < -0.4 is 5.73 Å². The molecule has 0 radical (unpaired) electrons. The van der Waals surface area contributed by atoms with Crippen LogP contribution in [0.25, 0.3) is 0 Å². The highest BCUT2D eigenvalue weighted by Crippen LogP contribution is 2.17. The Hall–Kier alpha value is -0.900. The lowest BCUT2D eigenvalue weighted by Gasteiger charge is -2.12. The zero-order chi connectivity index (χ0) is 9.14. The van der Waals surface area contributed by atoms with Gasteiger partial charge in [-0.15, -0.1) is 5.10 Å². The summed E-state index contributed by atoms with van der Waals surface area (Å²) in [6.45, 7) is 4.16. The summed E-state index contributed by atoms with van der Waals surface area (Å²) >= 11 is 0. The molecule has 2 N–H and O–H groups in total. The fourth-order valence-electron chi connectivity index (χ4n) is 1.42. The Balaban J connectivity index is 2.65. The second-order valence-electron chi connectivity index (χ2n) is 3.40. The molecule has 2 atom stereocenters. The van der Waals surface area contributed by atoms with Crippen molar-refractivity contribution in [2.24, 2.45) is 12.8 Å². The van der Waals surface area contributed by atoms with Crippen LogP contribution in [0, 0.1) is 0 Å². The Morgan fingerprint density at radius 3 is 2.67 bits per heavy atom. The van der Waals surface area contributed by atoms with Crippen molar-refractivity contribution in [1.29, 1.82) is 0 Å². The van der Waals surface area contributed by atoms with Crippen LogP contribution >= 0.6 is 0 Å². The van der Waals surface area contributed by atoms with Crippen molar-refractivity contribution in [3.8, 4) is 0 Å². The minimum Gasteiger partial charge on any atom is -0.328 e. The van der Waals surface area contributed by atoms with Crippen LogP contribution in [-0.4, -0.2) is 21.0 Å². The van der Waals surface area contributed by atoms with Gasteiger partial charge in [-0.2, -0.15) is 0 Å². The Bertz CT molecular complexity index is 241. The zero-order valence-electron chi connectivity index (χ0n) is 7.86. The summed E-state index contributed by atoms with van der Waals surface area (Å²) in [6.07, 6.45) is 2.77. The summed E-state index contributed by atoms with van der Waals surface area (Å²) in [7, 11) is 1.90. The minimum atomic E-state index is 0.231. The smallest absolute Gasteiger partial charge is 0.0727 e. The van der Waals surface area contributed by atoms with E-state index < -0.39 is 0 Å². The molecular formula is C8H16N4. The number of aryl methyl sites for hydroxylation is 1. The van der Waals surface area contributed by atoms with Crippen molar-refractivity contribution in [3.63, 3.8) is 0 Å². The highest BCUT2D eigenvalue weighted by atomic mass is 15.4. The molecule has 1 rings (SSSR count). The normalized spacial score (nSPS) is 16.0. The van der Waals surface area contributed by atoms with E-state index in [9.17, 15) is 0 Å². The van der Waals surface area contributed by atoms with Crippen LogP contribution in [0.3, 0.4) is 0 Å². The minimum absolute atomic E-state index is 0.231. The maximum atomic E-state index is 5.70. The standard InChI is InChI=1S/C8H16N4/c1-6(4-7(2)9)8-5-10-11-12(8)3/h5-7H,4,9H2,1-3H3. The fourth-order valence-corrected chi connectivity index (χ4v) is 1.42. The Kier molecular flexibility index (Phi) is 2.81. The van der Waals surface area contributed by atoms with Crippen LogP contribution in [0.2, 0.25) is 0 Å². The third kappa shape index (κ3) is 2.04. The van der Waals surface area contributed by atoms with E-state index in [0.29, 0.717) is 5.92 Å². The molecule has 0 aliphatic carbocycles. The Morgan fingerprint density at radius 1 is 1.58 bits per heavy atom. The van der Waals surface area contributed by atoms with E-state index in [-0.39, 0.29) is 6.04 Å². The van der Waals surface area contributed by atoms with Crippen LogP contribution in [-0.2, 0) is 7.05 Å². The highest BCUT2D eigenvalue weighted by molar-refractivity contribution is 5.01. The maximum absolute atomic E-state index is 5.70. The Labute approximate surface area is 72.8 Å². The average Bonchev–Trinajstić information content (AvgIpc) is 2.33. The largest absolute Gasteiger partial charge is 0.328 e. The van der Waals surface area contributed by atoms with E-state index in [4.69, 9.17) is 5.73 Å². The molecule has 0 aromatic carbocycles. The lowest BCUT2D eigenvalue weighted by Crippen LogP contribution is -2.18. The monoisotopic (exact) mass is 168 g/mol. The summed E-state index contributed by atoms with van der Waals surface area (Å²) in [6, 6.07) is 0.231. The second kappa shape index (κ2) is 3.67. The molecule has 0 saturated carbocycles. The topological polar surface area (TPSA) is 56.7 Å². The van der Waals surface area contributed by atoms with Crippen molar-refractivity contribution in [2.75, 3.05) is 0 Å². The molecule has 1 aromatic rings. The zero-order valence-corrected chi connectivity index (χ0v) is 7.86. The molecule has 1 heterocycles. The van der Waals surface area contributed by atoms with Gasteiger partial charge >= 0.3 is 0 Å². The molecule has 0 amide bonds. The summed E-state index contributed by atoms with van der Waals surface area (Å²) < 4.78 is 1.80. The molecule has 4 nitrogen and oxygen atoms in total. The number of hydrogen-bond acceptors (Lipinski definition) is 3. The van der Waals surface area contributed by atoms with Crippen molar-refractivity contribution in [2.45, 2.75) is 32.2 Å². The predicted octanol–water partition coefficient (Wildman–Crippen LogP) is 0.656. The highest BCUT2D eigenvalue weighted by Gasteiger charge is 2.11. The van der Waals surface area contributed by atoms with E-state index in [1.165, 1.54) is 0 Å². The quantitative estimate of drug-likeness (QED) is 0.721. The first-order chi connectivity index (χ1) is 5.61.